The van der Waals surface area contributed by atoms with Gasteiger partial charge in [0.25, 0.3) is 23.6 Å². The Morgan fingerprint density at radius 3 is 2.25 bits per heavy atom. The van der Waals surface area contributed by atoms with Crippen LogP contribution < -0.4 is 31.3 Å². The molecule has 356 valence electrons. The zero-order valence-electron chi connectivity index (χ0n) is 37.1. The van der Waals surface area contributed by atoms with E-state index in [0.717, 1.165) is 17.7 Å². The summed E-state index contributed by atoms with van der Waals surface area (Å²) in [6, 6.07) is 9.08. The monoisotopic (exact) mass is 933 g/mol. The summed E-state index contributed by atoms with van der Waals surface area (Å²) < 4.78 is 23.8. The molecule has 3 fully saturated rings. The summed E-state index contributed by atoms with van der Waals surface area (Å²) in [5.41, 5.74) is 2.08. The highest BCUT2D eigenvalue weighted by Gasteiger charge is 2.46. The standard InChI is InChI=1S/C46H51N11O11/c47-22-27-20-29-24-52-57(41(29)51-23-27)37-21-34(53-30-8-9-30)33(25-50-37)43(61)54-31-6-4-28(5-7-31)42(60)49-13-15-66-17-19-67-18-16-65-14-12-48-39(59)26-68-36-3-1-2-32-40(36)46(64)56(45(32)63)35-10-11-38(58)55-44(35)62/h1-3,20-21,23-25,28,30-31,35H,4-19,26H2,(H,48,59)(H,49,60)(H,50,53)(H,54,61)(H,55,58,62)/t28-,31-,35?. The number of amides is 7. The molecule has 2 aliphatic heterocycles. The zero-order valence-corrected chi connectivity index (χ0v) is 37.1. The van der Waals surface area contributed by atoms with E-state index in [-0.39, 0.29) is 79.3 Å². The number of nitriles is 1. The molecule has 1 atom stereocenters. The second-order valence-corrected chi connectivity index (χ2v) is 16.7. The molecule has 8 rings (SSSR count). The van der Waals surface area contributed by atoms with Crippen molar-refractivity contribution in [3.63, 3.8) is 0 Å². The molecule has 5 heterocycles. The van der Waals surface area contributed by atoms with Crippen LogP contribution in [0.15, 0.2) is 48.9 Å². The number of fused-ring (bicyclic) bond motifs is 2. The molecule has 22 nitrogen and oxygen atoms in total. The van der Waals surface area contributed by atoms with E-state index in [0.29, 0.717) is 92.3 Å². The predicted molar refractivity (Wildman–Crippen MR) is 238 cm³/mol. The molecule has 0 bridgehead atoms. The van der Waals surface area contributed by atoms with E-state index in [1.807, 2.05) is 0 Å². The van der Waals surface area contributed by atoms with Crippen LogP contribution >= 0.6 is 0 Å². The van der Waals surface area contributed by atoms with Gasteiger partial charge < -0.3 is 40.2 Å². The van der Waals surface area contributed by atoms with E-state index in [4.69, 9.17) is 18.9 Å². The first-order valence-corrected chi connectivity index (χ1v) is 22.6. The number of nitrogens with zero attached hydrogens (tertiary/aromatic N) is 6. The fraction of sp³-hybridized carbons (Fsp3) is 0.457. The molecule has 1 unspecified atom stereocenters. The second kappa shape index (κ2) is 22.0. The Morgan fingerprint density at radius 2 is 1.53 bits per heavy atom. The average Bonchev–Trinajstić information content (AvgIpc) is 4.00. The highest BCUT2D eigenvalue weighted by atomic mass is 16.5. The highest BCUT2D eigenvalue weighted by molar-refractivity contribution is 6.24. The number of nitrogens with one attached hydrogen (secondary N) is 5. The van der Waals surface area contributed by atoms with E-state index in [9.17, 15) is 38.8 Å². The largest absolute Gasteiger partial charge is 0.483 e. The van der Waals surface area contributed by atoms with Crippen molar-refractivity contribution in [2.75, 3.05) is 64.7 Å². The molecule has 3 aromatic heterocycles. The number of imide groups is 2. The van der Waals surface area contributed by atoms with Crippen LogP contribution in [0, 0.1) is 17.2 Å². The van der Waals surface area contributed by atoms with Gasteiger partial charge in [0.05, 0.1) is 73.8 Å². The number of piperidine rings is 1. The van der Waals surface area contributed by atoms with Gasteiger partial charge in [0.1, 0.15) is 17.9 Å². The third-order valence-electron chi connectivity index (χ3n) is 11.9. The van der Waals surface area contributed by atoms with Crippen LogP contribution in [-0.2, 0) is 33.4 Å². The molecule has 5 N–H and O–H groups in total. The number of hydrogen-bond acceptors (Lipinski definition) is 16. The molecule has 2 saturated carbocycles. The predicted octanol–water partition coefficient (Wildman–Crippen LogP) is 1.31. The average molecular weight is 934 g/mol. The Kier molecular flexibility index (Phi) is 15.2. The third kappa shape index (κ3) is 11.4. The van der Waals surface area contributed by atoms with Crippen molar-refractivity contribution >= 4 is 58.1 Å². The first kappa shape index (κ1) is 47.2. The summed E-state index contributed by atoms with van der Waals surface area (Å²) in [7, 11) is 0. The number of carbonyl (C=O) groups is 7. The summed E-state index contributed by atoms with van der Waals surface area (Å²) in [6.45, 7) is 1.88. The molecular weight excluding hydrogens is 883 g/mol. The number of benzene rings is 1. The van der Waals surface area contributed by atoms with Gasteiger partial charge in [-0.25, -0.2) is 9.97 Å². The van der Waals surface area contributed by atoms with E-state index >= 15 is 0 Å². The molecule has 4 aliphatic rings. The minimum atomic E-state index is -1.12. The van der Waals surface area contributed by atoms with Crippen molar-refractivity contribution < 1.29 is 52.5 Å². The summed E-state index contributed by atoms with van der Waals surface area (Å²) in [5.74, 6) is -2.97. The van der Waals surface area contributed by atoms with Crippen molar-refractivity contribution in [1.29, 1.82) is 5.26 Å². The Balaban J connectivity index is 0.645. The first-order chi connectivity index (χ1) is 33.1. The minimum absolute atomic E-state index is 0.00173. The number of rotatable bonds is 22. The second-order valence-electron chi connectivity index (χ2n) is 16.7. The van der Waals surface area contributed by atoms with E-state index in [1.165, 1.54) is 24.4 Å². The van der Waals surface area contributed by atoms with Gasteiger partial charge in [0, 0.05) is 61.4 Å². The minimum Gasteiger partial charge on any atom is -0.483 e. The van der Waals surface area contributed by atoms with Crippen molar-refractivity contribution in [1.82, 2.24) is 45.9 Å². The number of hydrogen-bond donors (Lipinski definition) is 5. The SMILES string of the molecule is N#Cc1cnc2c(cnn2-c2cc(NC3CC3)c(C(=O)N[C@H]3CC[C@H](C(=O)NCCOCCOCCOCCNC(=O)COc4cccc5c4C(=O)N(C4CCC(=O)NC4=O)C5=O)CC3)cn2)c1. The number of ether oxygens (including phenoxy) is 4. The van der Waals surface area contributed by atoms with Gasteiger partial charge in [0.2, 0.25) is 17.7 Å². The third-order valence-corrected chi connectivity index (χ3v) is 11.9. The van der Waals surface area contributed by atoms with Gasteiger partial charge in [-0.1, -0.05) is 6.07 Å². The van der Waals surface area contributed by atoms with Crippen molar-refractivity contribution in [3.05, 3.63) is 71.2 Å². The van der Waals surface area contributed by atoms with Crippen LogP contribution in [-0.4, -0.2) is 143 Å². The summed E-state index contributed by atoms with van der Waals surface area (Å²) in [4.78, 5) is 98.7. The lowest BCUT2D eigenvalue weighted by molar-refractivity contribution is -0.136. The Labute approximate surface area is 389 Å². The molecule has 7 amide bonds. The van der Waals surface area contributed by atoms with Gasteiger partial charge in [0.15, 0.2) is 18.1 Å². The van der Waals surface area contributed by atoms with Gasteiger partial charge in [-0.15, -0.1) is 0 Å². The maximum absolute atomic E-state index is 13.5. The number of aromatic nitrogens is 4. The topological polar surface area (TPSA) is 287 Å². The van der Waals surface area contributed by atoms with Gasteiger partial charge in [-0.3, -0.25) is 43.8 Å². The smallest absolute Gasteiger partial charge is 0.266 e. The fourth-order valence-corrected chi connectivity index (χ4v) is 8.21. The molecule has 68 heavy (non-hydrogen) atoms. The van der Waals surface area contributed by atoms with Gasteiger partial charge in [-0.2, -0.15) is 15.0 Å². The summed E-state index contributed by atoms with van der Waals surface area (Å²) >= 11 is 0. The van der Waals surface area contributed by atoms with Gasteiger partial charge >= 0.3 is 0 Å². The lowest BCUT2D eigenvalue weighted by atomic mass is 9.85. The molecule has 4 aromatic rings. The molecule has 1 aromatic carbocycles. The quantitative estimate of drug-likeness (QED) is 0.0549. The van der Waals surface area contributed by atoms with E-state index in [2.05, 4.69) is 47.7 Å². The lowest BCUT2D eigenvalue weighted by Gasteiger charge is -2.28. The molecule has 0 radical (unpaired) electrons. The first-order valence-electron chi connectivity index (χ1n) is 22.6. The molecule has 2 aliphatic carbocycles. The van der Waals surface area contributed by atoms with E-state index in [1.54, 1.807) is 29.2 Å². The molecule has 0 spiro atoms. The maximum atomic E-state index is 13.5. The normalized spacial score (nSPS) is 19.0. The Bertz CT molecular complexity index is 2620. The summed E-state index contributed by atoms with van der Waals surface area (Å²) in [6.07, 6.45) is 9.32. The van der Waals surface area contributed by atoms with E-state index < -0.39 is 42.2 Å². The van der Waals surface area contributed by atoms with Crippen molar-refractivity contribution in [3.8, 4) is 17.6 Å². The van der Waals surface area contributed by atoms with Crippen molar-refractivity contribution in [2.45, 2.75) is 69.5 Å². The van der Waals surface area contributed by atoms with Crippen LogP contribution in [0.2, 0.25) is 0 Å². The maximum Gasteiger partial charge on any atom is 0.266 e. The van der Waals surface area contributed by atoms with Crippen LogP contribution in [0.4, 0.5) is 5.69 Å². The lowest BCUT2D eigenvalue weighted by Crippen LogP contribution is -2.54. The molecule has 22 heteroatoms. The Hall–Kier alpha value is -7.35. The molecule has 1 saturated heterocycles. The number of anilines is 1. The number of pyridine rings is 2. The molecular formula is C46H51N11O11. The fourth-order valence-electron chi connectivity index (χ4n) is 8.21. The Morgan fingerprint density at radius 1 is 0.809 bits per heavy atom. The van der Waals surface area contributed by atoms with Crippen LogP contribution in [0.1, 0.15) is 88.0 Å². The van der Waals surface area contributed by atoms with Gasteiger partial charge in [-0.05, 0) is 63.1 Å². The van der Waals surface area contributed by atoms with Crippen LogP contribution in [0.3, 0.4) is 0 Å². The van der Waals surface area contributed by atoms with Crippen LogP contribution in [0.25, 0.3) is 16.9 Å². The van der Waals surface area contributed by atoms with Crippen molar-refractivity contribution in [2.24, 2.45) is 5.92 Å². The van der Waals surface area contributed by atoms with Crippen LogP contribution in [0.5, 0.6) is 5.75 Å². The number of carbonyl (C=O) groups excluding carboxylic acids is 7. The zero-order chi connectivity index (χ0) is 47.6. The highest BCUT2D eigenvalue weighted by Crippen LogP contribution is 2.34. The summed E-state index contributed by atoms with van der Waals surface area (Å²) in [5, 5.41) is 28.7.